The van der Waals surface area contributed by atoms with Crippen LogP contribution in [0.5, 0.6) is 0 Å². The number of benzene rings is 1. The Hall–Kier alpha value is -3.72. The number of rotatable bonds is 1. The molecule has 1 aromatic carbocycles. The van der Waals surface area contributed by atoms with Crippen molar-refractivity contribution >= 4 is 16.7 Å². The van der Waals surface area contributed by atoms with E-state index in [4.69, 9.17) is 0 Å². The molecule has 0 bridgehead atoms. The minimum absolute atomic E-state index is 0.0905. The van der Waals surface area contributed by atoms with E-state index >= 15 is 0 Å². The summed E-state index contributed by atoms with van der Waals surface area (Å²) in [4.78, 5) is 30.5. The first kappa shape index (κ1) is 16.7. The van der Waals surface area contributed by atoms with Crippen LogP contribution < -0.4 is 11.1 Å². The van der Waals surface area contributed by atoms with Gasteiger partial charge in [0.1, 0.15) is 17.3 Å². The zero-order valence-corrected chi connectivity index (χ0v) is 15.1. The molecular formula is C21H16N4O2. The van der Waals surface area contributed by atoms with Gasteiger partial charge in [0.05, 0.1) is 11.1 Å². The lowest BCUT2D eigenvalue weighted by Gasteiger charge is -2.13. The fraction of sp³-hybridized carbons (Fsp3) is 0.143. The van der Waals surface area contributed by atoms with E-state index in [0.717, 1.165) is 16.7 Å². The van der Waals surface area contributed by atoms with Crippen molar-refractivity contribution in [2.75, 3.05) is 0 Å². The Labute approximate surface area is 154 Å². The quantitative estimate of drug-likeness (QED) is 0.491. The minimum atomic E-state index is -0.489. The van der Waals surface area contributed by atoms with Gasteiger partial charge in [-0.2, -0.15) is 5.26 Å². The average Bonchev–Trinajstić information content (AvgIpc) is 2.65. The number of aromatic nitrogens is 3. The number of fused-ring (bicyclic) bond motifs is 2. The second kappa shape index (κ2) is 5.92. The number of nitriles is 1. The molecule has 4 aromatic rings. The SMILES string of the molecule is Cc1ccc2nc3c(cc(C#N)c(=O)n3-c3ccc(C)c(C)c3)c(=O)n2c1. The molecule has 4 rings (SSSR count). The maximum Gasteiger partial charge on any atom is 0.274 e. The van der Waals surface area contributed by atoms with Crippen LogP contribution in [-0.4, -0.2) is 14.0 Å². The lowest BCUT2D eigenvalue weighted by Crippen LogP contribution is -2.26. The van der Waals surface area contributed by atoms with Gasteiger partial charge in [0.15, 0.2) is 5.65 Å². The van der Waals surface area contributed by atoms with Gasteiger partial charge in [0.2, 0.25) is 0 Å². The number of hydrogen-bond donors (Lipinski definition) is 0. The van der Waals surface area contributed by atoms with Crippen LogP contribution in [0.15, 0.2) is 52.2 Å². The predicted octanol–water partition coefficient (Wildman–Crippen LogP) is 2.80. The maximum absolute atomic E-state index is 13.0. The van der Waals surface area contributed by atoms with Gasteiger partial charge in [-0.05, 0) is 61.7 Å². The number of nitrogens with zero attached hydrogens (tertiary/aromatic N) is 4. The molecule has 0 saturated carbocycles. The molecule has 0 N–H and O–H groups in total. The molecule has 3 heterocycles. The summed E-state index contributed by atoms with van der Waals surface area (Å²) in [5, 5.41) is 9.63. The third-order valence-electron chi connectivity index (χ3n) is 4.79. The smallest absolute Gasteiger partial charge is 0.268 e. The molecule has 6 heteroatoms. The second-order valence-electron chi connectivity index (χ2n) is 6.67. The molecule has 0 fully saturated rings. The molecule has 27 heavy (non-hydrogen) atoms. The van der Waals surface area contributed by atoms with E-state index in [1.807, 2.05) is 45.0 Å². The van der Waals surface area contributed by atoms with E-state index in [0.29, 0.717) is 11.3 Å². The van der Waals surface area contributed by atoms with Crippen molar-refractivity contribution in [2.24, 2.45) is 0 Å². The normalized spacial score (nSPS) is 11.0. The van der Waals surface area contributed by atoms with Crippen LogP contribution in [0.3, 0.4) is 0 Å². The highest BCUT2D eigenvalue weighted by atomic mass is 16.1. The van der Waals surface area contributed by atoms with Gasteiger partial charge < -0.3 is 0 Å². The van der Waals surface area contributed by atoms with E-state index < -0.39 is 5.56 Å². The molecule has 0 aliphatic carbocycles. The monoisotopic (exact) mass is 356 g/mol. The first-order valence-corrected chi connectivity index (χ1v) is 8.47. The van der Waals surface area contributed by atoms with Gasteiger partial charge in [0, 0.05) is 6.20 Å². The number of aryl methyl sites for hydroxylation is 3. The van der Waals surface area contributed by atoms with Crippen LogP contribution in [0.25, 0.3) is 22.4 Å². The topological polar surface area (TPSA) is 80.2 Å². The summed E-state index contributed by atoms with van der Waals surface area (Å²) in [6.45, 7) is 5.81. The van der Waals surface area contributed by atoms with Crippen LogP contribution in [0.4, 0.5) is 0 Å². The van der Waals surface area contributed by atoms with Crippen LogP contribution in [0, 0.1) is 32.1 Å². The van der Waals surface area contributed by atoms with E-state index in [1.54, 1.807) is 18.3 Å². The summed E-state index contributed by atoms with van der Waals surface area (Å²) in [6.07, 6.45) is 1.70. The first-order valence-electron chi connectivity index (χ1n) is 8.47. The Kier molecular flexibility index (Phi) is 3.67. The van der Waals surface area contributed by atoms with Crippen molar-refractivity contribution < 1.29 is 0 Å². The highest BCUT2D eigenvalue weighted by Gasteiger charge is 2.16. The number of hydrogen-bond acceptors (Lipinski definition) is 4. The zero-order chi connectivity index (χ0) is 19.3. The highest BCUT2D eigenvalue weighted by Crippen LogP contribution is 2.18. The van der Waals surface area contributed by atoms with E-state index in [9.17, 15) is 14.9 Å². The molecular weight excluding hydrogens is 340 g/mol. The van der Waals surface area contributed by atoms with Gasteiger partial charge in [0.25, 0.3) is 11.1 Å². The predicted molar refractivity (Wildman–Crippen MR) is 103 cm³/mol. The standard InChI is InChI=1S/C21H16N4O2/c1-12-4-7-18-23-19-17(21(27)24(18)11-12)9-15(10-22)20(26)25(19)16-6-5-13(2)14(3)8-16/h4-9,11H,1-3H3. The van der Waals surface area contributed by atoms with Crippen molar-refractivity contribution in [3.8, 4) is 11.8 Å². The minimum Gasteiger partial charge on any atom is -0.268 e. The molecule has 0 aliphatic rings. The third kappa shape index (κ3) is 2.52. The van der Waals surface area contributed by atoms with Gasteiger partial charge >= 0.3 is 0 Å². The third-order valence-corrected chi connectivity index (χ3v) is 4.79. The largest absolute Gasteiger partial charge is 0.274 e. The Morgan fingerprint density at radius 2 is 1.74 bits per heavy atom. The van der Waals surface area contributed by atoms with Crippen LogP contribution in [0.1, 0.15) is 22.3 Å². The van der Waals surface area contributed by atoms with Crippen LogP contribution >= 0.6 is 0 Å². The van der Waals surface area contributed by atoms with Gasteiger partial charge in [-0.25, -0.2) is 4.98 Å². The first-order chi connectivity index (χ1) is 12.9. The Morgan fingerprint density at radius 1 is 0.963 bits per heavy atom. The lowest BCUT2D eigenvalue weighted by molar-refractivity contribution is 0.977. The molecule has 132 valence electrons. The van der Waals surface area contributed by atoms with Gasteiger partial charge in [-0.15, -0.1) is 0 Å². The number of pyridine rings is 2. The van der Waals surface area contributed by atoms with Crippen molar-refractivity contribution in [3.05, 3.63) is 85.6 Å². The Bertz CT molecular complexity index is 1400. The molecule has 0 spiro atoms. The molecule has 0 saturated heterocycles. The molecule has 0 radical (unpaired) electrons. The molecule has 0 aliphatic heterocycles. The maximum atomic E-state index is 13.0. The summed E-state index contributed by atoms with van der Waals surface area (Å²) >= 11 is 0. The van der Waals surface area contributed by atoms with Crippen molar-refractivity contribution in [1.82, 2.24) is 14.0 Å². The summed E-state index contributed by atoms with van der Waals surface area (Å²) in [7, 11) is 0. The summed E-state index contributed by atoms with van der Waals surface area (Å²) in [6, 6.07) is 12.4. The molecule has 3 aromatic heterocycles. The lowest BCUT2D eigenvalue weighted by atomic mass is 10.1. The second-order valence-corrected chi connectivity index (χ2v) is 6.67. The van der Waals surface area contributed by atoms with E-state index in [-0.39, 0.29) is 22.2 Å². The van der Waals surface area contributed by atoms with E-state index in [2.05, 4.69) is 4.98 Å². The van der Waals surface area contributed by atoms with E-state index in [1.165, 1.54) is 15.0 Å². The average molecular weight is 356 g/mol. The van der Waals surface area contributed by atoms with Crippen molar-refractivity contribution in [2.45, 2.75) is 20.8 Å². The summed E-state index contributed by atoms with van der Waals surface area (Å²) in [5.74, 6) is 0. The van der Waals surface area contributed by atoms with Crippen LogP contribution in [-0.2, 0) is 0 Å². The highest BCUT2D eigenvalue weighted by molar-refractivity contribution is 5.79. The van der Waals surface area contributed by atoms with Crippen LogP contribution in [0.2, 0.25) is 0 Å². The van der Waals surface area contributed by atoms with Crippen molar-refractivity contribution in [1.29, 1.82) is 5.26 Å². The molecule has 0 unspecified atom stereocenters. The molecule has 0 atom stereocenters. The molecule has 6 nitrogen and oxygen atoms in total. The summed E-state index contributed by atoms with van der Waals surface area (Å²) < 4.78 is 2.79. The fourth-order valence-corrected chi connectivity index (χ4v) is 3.15. The van der Waals surface area contributed by atoms with Crippen molar-refractivity contribution in [3.63, 3.8) is 0 Å². The van der Waals surface area contributed by atoms with Gasteiger partial charge in [-0.3, -0.25) is 18.6 Å². The molecule has 0 amide bonds. The van der Waals surface area contributed by atoms with Gasteiger partial charge in [-0.1, -0.05) is 12.1 Å². The Morgan fingerprint density at radius 3 is 2.44 bits per heavy atom. The zero-order valence-electron chi connectivity index (χ0n) is 15.1. The fourth-order valence-electron chi connectivity index (χ4n) is 3.15. The Balaban J connectivity index is 2.25. The summed E-state index contributed by atoms with van der Waals surface area (Å²) in [5.41, 5.74) is 3.37.